The number of benzene rings is 1. The van der Waals surface area contributed by atoms with Gasteiger partial charge in [0.1, 0.15) is 0 Å². The molecular weight excluding hydrogens is 184 g/mol. The summed E-state index contributed by atoms with van der Waals surface area (Å²) in [4.78, 5) is 11.8. The van der Waals surface area contributed by atoms with Crippen LogP contribution in [0.1, 0.15) is 54.6 Å². The van der Waals surface area contributed by atoms with E-state index in [-0.39, 0.29) is 5.41 Å². The molecule has 1 aromatic rings. The van der Waals surface area contributed by atoms with Crippen molar-refractivity contribution in [3.8, 4) is 0 Å². The molecule has 0 amide bonds. The molecule has 0 bridgehead atoms. The number of rotatable bonds is 1. The van der Waals surface area contributed by atoms with Crippen LogP contribution in [0.3, 0.4) is 0 Å². The van der Waals surface area contributed by atoms with Gasteiger partial charge in [-0.1, -0.05) is 37.6 Å². The predicted octanol–water partition coefficient (Wildman–Crippen LogP) is 3.64. The van der Waals surface area contributed by atoms with Gasteiger partial charge in [0.2, 0.25) is 0 Å². The molecule has 1 heteroatoms. The predicted molar refractivity (Wildman–Crippen MR) is 62.4 cm³/mol. The van der Waals surface area contributed by atoms with Crippen molar-refractivity contribution in [3.63, 3.8) is 0 Å². The zero-order valence-electron chi connectivity index (χ0n) is 9.76. The van der Waals surface area contributed by atoms with Crippen LogP contribution in [0.25, 0.3) is 0 Å². The van der Waals surface area contributed by atoms with Crippen molar-refractivity contribution in [2.45, 2.75) is 45.4 Å². The van der Waals surface area contributed by atoms with E-state index in [4.69, 9.17) is 0 Å². The molecule has 0 saturated carbocycles. The van der Waals surface area contributed by atoms with E-state index in [0.29, 0.717) is 12.2 Å². The molecule has 1 atom stereocenters. The Balaban J connectivity index is 2.61. The molecule has 0 spiro atoms. The molecule has 0 radical (unpaired) electrons. The fourth-order valence-electron chi connectivity index (χ4n) is 2.43. The fourth-order valence-corrected chi connectivity index (χ4v) is 2.43. The van der Waals surface area contributed by atoms with Gasteiger partial charge < -0.3 is 0 Å². The van der Waals surface area contributed by atoms with Crippen LogP contribution in [0, 0.1) is 6.92 Å². The zero-order valence-corrected chi connectivity index (χ0v) is 9.76. The Labute approximate surface area is 91.5 Å². The maximum Gasteiger partial charge on any atom is 0.163 e. The van der Waals surface area contributed by atoms with E-state index < -0.39 is 0 Å². The second kappa shape index (κ2) is 3.48. The maximum absolute atomic E-state index is 11.8. The average Bonchev–Trinajstić information content (AvgIpc) is 2.24. The molecule has 0 unspecified atom stereocenters. The minimum Gasteiger partial charge on any atom is -0.294 e. The molecule has 1 aliphatic rings. The number of carbonyl (C=O) groups is 1. The van der Waals surface area contributed by atoms with Gasteiger partial charge >= 0.3 is 0 Å². The molecule has 80 valence electrons. The largest absolute Gasteiger partial charge is 0.294 e. The summed E-state index contributed by atoms with van der Waals surface area (Å²) in [5.74, 6) is 0.316. The molecule has 1 aromatic carbocycles. The molecule has 0 saturated heterocycles. The molecule has 0 fully saturated rings. The second-order valence-electron chi connectivity index (χ2n) is 4.89. The van der Waals surface area contributed by atoms with Crippen LogP contribution in [-0.4, -0.2) is 5.78 Å². The first-order valence-corrected chi connectivity index (χ1v) is 5.71. The van der Waals surface area contributed by atoms with E-state index in [9.17, 15) is 4.79 Å². The van der Waals surface area contributed by atoms with Crippen molar-refractivity contribution in [3.05, 3.63) is 34.9 Å². The summed E-state index contributed by atoms with van der Waals surface area (Å²) >= 11 is 0. The Kier molecular flexibility index (Phi) is 2.41. The lowest BCUT2D eigenvalue weighted by Gasteiger charge is -2.34. The first-order valence-electron chi connectivity index (χ1n) is 5.71. The third-order valence-corrected chi connectivity index (χ3v) is 3.81. The number of hydrogen-bond acceptors (Lipinski definition) is 1. The Hall–Kier alpha value is -1.11. The van der Waals surface area contributed by atoms with Crippen molar-refractivity contribution >= 4 is 5.78 Å². The van der Waals surface area contributed by atoms with Gasteiger partial charge in [-0.25, -0.2) is 0 Å². The third-order valence-electron chi connectivity index (χ3n) is 3.81. The first kappa shape index (κ1) is 10.4. The summed E-state index contributed by atoms with van der Waals surface area (Å²) < 4.78 is 0. The van der Waals surface area contributed by atoms with E-state index in [1.807, 2.05) is 12.1 Å². The van der Waals surface area contributed by atoms with E-state index in [2.05, 4.69) is 26.8 Å². The lowest BCUT2D eigenvalue weighted by molar-refractivity contribution is 0.0953. The summed E-state index contributed by atoms with van der Waals surface area (Å²) in [6.07, 6.45) is 2.82. The topological polar surface area (TPSA) is 17.1 Å². The van der Waals surface area contributed by atoms with Crippen molar-refractivity contribution in [2.75, 3.05) is 0 Å². The number of carbonyl (C=O) groups excluding carboxylic acids is 1. The monoisotopic (exact) mass is 202 g/mol. The highest BCUT2D eigenvalue weighted by molar-refractivity contribution is 5.99. The number of hydrogen-bond donors (Lipinski definition) is 0. The van der Waals surface area contributed by atoms with Gasteiger partial charge in [0, 0.05) is 12.0 Å². The summed E-state index contributed by atoms with van der Waals surface area (Å²) in [5.41, 5.74) is 3.68. The Bertz CT molecular complexity index is 406. The van der Waals surface area contributed by atoms with Crippen LogP contribution < -0.4 is 0 Å². The Morgan fingerprint density at radius 1 is 1.40 bits per heavy atom. The number of Topliss-reactive ketones (excluding diaryl/α,β-unsaturated/α-hetero) is 1. The Morgan fingerprint density at radius 3 is 2.80 bits per heavy atom. The highest BCUT2D eigenvalue weighted by Gasteiger charge is 2.33. The maximum atomic E-state index is 11.8. The van der Waals surface area contributed by atoms with E-state index >= 15 is 0 Å². The molecule has 2 rings (SSSR count). The molecule has 1 nitrogen and oxygen atoms in total. The Morgan fingerprint density at radius 2 is 2.13 bits per heavy atom. The molecular formula is C14H18O. The highest BCUT2D eigenvalue weighted by atomic mass is 16.1. The van der Waals surface area contributed by atoms with Crippen LogP contribution in [0.4, 0.5) is 0 Å². The van der Waals surface area contributed by atoms with Gasteiger partial charge in [-0.2, -0.15) is 0 Å². The van der Waals surface area contributed by atoms with Gasteiger partial charge in [-0.05, 0) is 30.7 Å². The third kappa shape index (κ3) is 1.60. The van der Waals surface area contributed by atoms with Crippen LogP contribution >= 0.6 is 0 Å². The van der Waals surface area contributed by atoms with Gasteiger partial charge in [-0.3, -0.25) is 4.79 Å². The SMILES string of the molecule is CC[C@]1(C)CCC(=O)c2ccc(C)cc21. The molecule has 0 aromatic heterocycles. The van der Waals surface area contributed by atoms with Gasteiger partial charge in [0.05, 0.1) is 0 Å². The zero-order chi connectivity index (χ0) is 11.1. The molecule has 1 aliphatic carbocycles. The highest BCUT2D eigenvalue weighted by Crippen LogP contribution is 2.39. The van der Waals surface area contributed by atoms with E-state index in [1.54, 1.807) is 0 Å². The summed E-state index contributed by atoms with van der Waals surface area (Å²) in [6.45, 7) is 6.58. The fraction of sp³-hybridized carbons (Fsp3) is 0.500. The molecule has 0 heterocycles. The standard InChI is InChI=1S/C14H18O/c1-4-14(3)8-7-13(15)11-6-5-10(2)9-12(11)14/h5-6,9H,4,7-8H2,1-3H3/t14-/m1/s1. The number of aryl methyl sites for hydroxylation is 1. The van der Waals surface area contributed by atoms with E-state index in [0.717, 1.165) is 18.4 Å². The van der Waals surface area contributed by atoms with Gasteiger partial charge in [0.25, 0.3) is 0 Å². The summed E-state index contributed by atoms with van der Waals surface area (Å²) in [7, 11) is 0. The molecule has 0 N–H and O–H groups in total. The average molecular weight is 202 g/mol. The molecule has 0 aliphatic heterocycles. The van der Waals surface area contributed by atoms with Crippen LogP contribution in [0.15, 0.2) is 18.2 Å². The second-order valence-corrected chi connectivity index (χ2v) is 4.89. The van der Waals surface area contributed by atoms with Crippen molar-refractivity contribution in [2.24, 2.45) is 0 Å². The van der Waals surface area contributed by atoms with Crippen LogP contribution in [-0.2, 0) is 5.41 Å². The lowest BCUT2D eigenvalue weighted by atomic mass is 9.69. The van der Waals surface area contributed by atoms with Crippen molar-refractivity contribution < 1.29 is 4.79 Å². The summed E-state index contributed by atoms with van der Waals surface area (Å²) in [5, 5.41) is 0. The van der Waals surface area contributed by atoms with Crippen LogP contribution in [0.5, 0.6) is 0 Å². The number of ketones is 1. The quantitative estimate of drug-likeness (QED) is 0.679. The minimum absolute atomic E-state index is 0.204. The van der Waals surface area contributed by atoms with Crippen molar-refractivity contribution in [1.82, 2.24) is 0 Å². The molecule has 15 heavy (non-hydrogen) atoms. The lowest BCUT2D eigenvalue weighted by Crippen LogP contribution is -2.29. The van der Waals surface area contributed by atoms with E-state index in [1.165, 1.54) is 11.1 Å². The summed E-state index contributed by atoms with van der Waals surface area (Å²) in [6, 6.07) is 6.23. The first-order chi connectivity index (χ1) is 7.07. The van der Waals surface area contributed by atoms with Gasteiger partial charge in [-0.15, -0.1) is 0 Å². The number of fused-ring (bicyclic) bond motifs is 1. The van der Waals surface area contributed by atoms with Crippen molar-refractivity contribution in [1.29, 1.82) is 0 Å². The van der Waals surface area contributed by atoms with Crippen LogP contribution in [0.2, 0.25) is 0 Å². The minimum atomic E-state index is 0.204. The smallest absolute Gasteiger partial charge is 0.163 e. The normalized spacial score (nSPS) is 25.1. The van der Waals surface area contributed by atoms with Gasteiger partial charge in [0.15, 0.2) is 5.78 Å².